The van der Waals surface area contributed by atoms with Crippen LogP contribution < -0.4 is 15.4 Å². The first-order chi connectivity index (χ1) is 14.6. The number of carbonyl (C=O) groups excluding carboxylic acids is 2. The quantitative estimate of drug-likeness (QED) is 0.574. The molecule has 0 atom stereocenters. The molecule has 9 heteroatoms. The van der Waals surface area contributed by atoms with Gasteiger partial charge >= 0.3 is 0 Å². The molecule has 0 saturated heterocycles. The second kappa shape index (κ2) is 9.08. The number of aromatic nitrogens is 2. The number of ether oxygens (including phenoxy) is 1. The Balaban J connectivity index is 1.46. The number of fused-ring (bicyclic) bond motifs is 1. The monoisotopic (exact) mass is 426 g/mol. The van der Waals surface area contributed by atoms with Crippen LogP contribution in [-0.4, -0.2) is 28.2 Å². The summed E-state index contributed by atoms with van der Waals surface area (Å²) in [6, 6.07) is 10.5. The van der Waals surface area contributed by atoms with E-state index in [4.69, 9.17) is 9.15 Å². The Hall–Kier alpha value is -3.20. The summed E-state index contributed by atoms with van der Waals surface area (Å²) in [5.41, 5.74) is 2.38. The maximum absolute atomic E-state index is 12.8. The largest absolute Gasteiger partial charge is 0.494 e. The van der Waals surface area contributed by atoms with E-state index in [1.165, 1.54) is 0 Å². The summed E-state index contributed by atoms with van der Waals surface area (Å²) in [7, 11) is 0. The molecule has 3 heterocycles. The smallest absolute Gasteiger partial charge is 0.256 e. The molecule has 2 aromatic heterocycles. The standard InChI is InChI=1S/C21H22N4O4S/c1-2-28-15-7-5-14(6-8-15)21(27)23-20-17-12-30-13-18(17)24-25(20)11-19(26)22-10-16-4-3-9-29-16/h3-9H,2,10-13H2,1H3,(H,22,26)(H,23,27). The van der Waals surface area contributed by atoms with Gasteiger partial charge in [-0.15, -0.1) is 0 Å². The number of hydrogen-bond acceptors (Lipinski definition) is 6. The lowest BCUT2D eigenvalue weighted by Crippen LogP contribution is -2.28. The first-order valence-corrected chi connectivity index (χ1v) is 10.8. The third-order valence-electron chi connectivity index (χ3n) is 4.61. The summed E-state index contributed by atoms with van der Waals surface area (Å²) in [5, 5.41) is 10.3. The Kier molecular flexibility index (Phi) is 6.08. The van der Waals surface area contributed by atoms with E-state index in [1.807, 2.05) is 6.92 Å². The lowest BCUT2D eigenvalue weighted by atomic mass is 10.2. The lowest BCUT2D eigenvalue weighted by Gasteiger charge is -2.11. The maximum atomic E-state index is 12.8. The third kappa shape index (κ3) is 4.51. The Morgan fingerprint density at radius 1 is 1.23 bits per heavy atom. The molecule has 0 fully saturated rings. The highest BCUT2D eigenvalue weighted by Gasteiger charge is 2.25. The molecule has 156 valence electrons. The van der Waals surface area contributed by atoms with Crippen LogP contribution in [0.3, 0.4) is 0 Å². The van der Waals surface area contributed by atoms with Crippen LogP contribution in [0.15, 0.2) is 47.1 Å². The van der Waals surface area contributed by atoms with Crippen LogP contribution in [0.1, 0.15) is 34.3 Å². The van der Waals surface area contributed by atoms with Crippen LogP contribution in [0.4, 0.5) is 5.82 Å². The third-order valence-corrected chi connectivity index (χ3v) is 5.58. The van der Waals surface area contributed by atoms with E-state index in [1.54, 1.807) is 59.1 Å². The van der Waals surface area contributed by atoms with Crippen LogP contribution in [0, 0.1) is 0 Å². The molecule has 2 amide bonds. The zero-order valence-electron chi connectivity index (χ0n) is 16.5. The highest BCUT2D eigenvalue weighted by Crippen LogP contribution is 2.35. The van der Waals surface area contributed by atoms with Crippen molar-refractivity contribution in [2.75, 3.05) is 11.9 Å². The number of amides is 2. The number of nitrogens with zero attached hydrogens (tertiary/aromatic N) is 2. The average molecular weight is 426 g/mol. The Bertz CT molecular complexity index is 1030. The molecule has 1 aliphatic heterocycles. The summed E-state index contributed by atoms with van der Waals surface area (Å²) in [6.45, 7) is 2.79. The molecular formula is C21H22N4O4S. The molecule has 1 aliphatic rings. The zero-order chi connectivity index (χ0) is 20.9. The molecule has 8 nitrogen and oxygen atoms in total. The van der Waals surface area contributed by atoms with E-state index in [-0.39, 0.29) is 18.4 Å². The molecule has 1 aromatic carbocycles. The highest BCUT2D eigenvalue weighted by molar-refractivity contribution is 7.98. The van der Waals surface area contributed by atoms with Gasteiger partial charge in [0.25, 0.3) is 5.91 Å². The lowest BCUT2D eigenvalue weighted by molar-refractivity contribution is -0.122. The molecule has 4 rings (SSSR count). The van der Waals surface area contributed by atoms with Crippen LogP contribution in [0.5, 0.6) is 5.75 Å². The highest BCUT2D eigenvalue weighted by atomic mass is 32.2. The van der Waals surface area contributed by atoms with E-state index in [2.05, 4.69) is 15.7 Å². The van der Waals surface area contributed by atoms with Crippen molar-refractivity contribution in [2.24, 2.45) is 0 Å². The average Bonchev–Trinajstić information content (AvgIpc) is 3.47. The number of nitrogens with one attached hydrogen (secondary N) is 2. The first kappa shape index (κ1) is 20.1. The normalized spacial score (nSPS) is 12.4. The minimum absolute atomic E-state index is 0.0112. The van der Waals surface area contributed by atoms with Crippen LogP contribution >= 0.6 is 11.8 Å². The Labute approximate surface area is 178 Å². The maximum Gasteiger partial charge on any atom is 0.256 e. The fourth-order valence-corrected chi connectivity index (χ4v) is 4.19. The summed E-state index contributed by atoms with van der Waals surface area (Å²) >= 11 is 1.73. The van der Waals surface area contributed by atoms with Gasteiger partial charge in [-0.25, -0.2) is 4.68 Å². The van der Waals surface area contributed by atoms with Crippen molar-refractivity contribution < 1.29 is 18.7 Å². The van der Waals surface area contributed by atoms with Gasteiger partial charge < -0.3 is 19.8 Å². The zero-order valence-corrected chi connectivity index (χ0v) is 17.3. The number of carbonyl (C=O) groups is 2. The summed E-state index contributed by atoms with van der Waals surface area (Å²) < 4.78 is 12.2. The minimum atomic E-state index is -0.255. The van der Waals surface area contributed by atoms with Crippen LogP contribution in [-0.2, 0) is 29.4 Å². The summed E-state index contributed by atoms with van der Waals surface area (Å²) in [6.07, 6.45) is 1.56. The van der Waals surface area contributed by atoms with Crippen LogP contribution in [0.25, 0.3) is 0 Å². The molecule has 0 radical (unpaired) electrons. The molecule has 3 aromatic rings. The number of hydrogen-bond donors (Lipinski definition) is 2. The van der Waals surface area contributed by atoms with Gasteiger partial charge in [0.1, 0.15) is 23.9 Å². The van der Waals surface area contributed by atoms with Gasteiger partial charge in [0, 0.05) is 22.6 Å². The van der Waals surface area contributed by atoms with Gasteiger partial charge in [-0.05, 0) is 43.3 Å². The number of furan rings is 1. The summed E-state index contributed by atoms with van der Waals surface area (Å²) in [4.78, 5) is 25.2. The van der Waals surface area contributed by atoms with Crippen LogP contribution in [0.2, 0.25) is 0 Å². The molecule has 0 aliphatic carbocycles. The number of rotatable bonds is 8. The predicted octanol–water partition coefficient (Wildman–Crippen LogP) is 3.19. The van der Waals surface area contributed by atoms with Gasteiger partial charge in [-0.1, -0.05) is 0 Å². The van der Waals surface area contributed by atoms with Gasteiger partial charge in [0.2, 0.25) is 5.91 Å². The van der Waals surface area contributed by atoms with Gasteiger partial charge in [-0.3, -0.25) is 9.59 Å². The predicted molar refractivity (Wildman–Crippen MR) is 113 cm³/mol. The van der Waals surface area contributed by atoms with E-state index >= 15 is 0 Å². The number of benzene rings is 1. The Morgan fingerprint density at radius 2 is 2.07 bits per heavy atom. The van der Waals surface area contributed by atoms with E-state index < -0.39 is 0 Å². The van der Waals surface area contributed by atoms with Crippen molar-refractivity contribution in [3.8, 4) is 5.75 Å². The fraction of sp³-hybridized carbons (Fsp3) is 0.286. The molecule has 0 unspecified atom stereocenters. The van der Waals surface area contributed by atoms with Crippen molar-refractivity contribution in [1.82, 2.24) is 15.1 Å². The molecule has 0 saturated carbocycles. The topological polar surface area (TPSA) is 98.4 Å². The van der Waals surface area contributed by atoms with Crippen molar-refractivity contribution in [1.29, 1.82) is 0 Å². The molecule has 2 N–H and O–H groups in total. The second-order valence-corrected chi connectivity index (χ2v) is 7.68. The molecule has 0 spiro atoms. The first-order valence-electron chi connectivity index (χ1n) is 9.63. The van der Waals surface area contributed by atoms with Gasteiger partial charge in [0.05, 0.1) is 25.1 Å². The van der Waals surface area contributed by atoms with E-state index in [9.17, 15) is 9.59 Å². The van der Waals surface area contributed by atoms with Crippen molar-refractivity contribution in [3.05, 3.63) is 65.2 Å². The van der Waals surface area contributed by atoms with E-state index in [0.717, 1.165) is 22.8 Å². The SMILES string of the molecule is CCOc1ccc(C(=O)Nc2c3c(nn2CC(=O)NCc2ccco2)CSC3)cc1. The summed E-state index contributed by atoms with van der Waals surface area (Å²) in [5.74, 6) is 3.01. The van der Waals surface area contributed by atoms with Gasteiger partial charge in [0.15, 0.2) is 0 Å². The van der Waals surface area contributed by atoms with Crippen molar-refractivity contribution >= 4 is 29.4 Å². The molecule has 30 heavy (non-hydrogen) atoms. The molecule has 0 bridgehead atoms. The van der Waals surface area contributed by atoms with E-state index in [0.29, 0.717) is 36.0 Å². The number of anilines is 1. The second-order valence-electron chi connectivity index (χ2n) is 6.69. The van der Waals surface area contributed by atoms with Crippen molar-refractivity contribution in [3.63, 3.8) is 0 Å². The fourth-order valence-electron chi connectivity index (χ4n) is 3.16. The van der Waals surface area contributed by atoms with Crippen molar-refractivity contribution in [2.45, 2.75) is 31.5 Å². The Morgan fingerprint density at radius 3 is 2.80 bits per heavy atom. The van der Waals surface area contributed by atoms with Gasteiger partial charge in [-0.2, -0.15) is 16.9 Å². The minimum Gasteiger partial charge on any atom is -0.494 e. The molecular weight excluding hydrogens is 404 g/mol. The number of thioether (sulfide) groups is 1.